The van der Waals surface area contributed by atoms with Crippen LogP contribution in [0.1, 0.15) is 25.2 Å². The number of nitrogens with zero attached hydrogens (tertiary/aromatic N) is 2. The molecule has 164 valence electrons. The molecule has 32 heavy (non-hydrogen) atoms. The van der Waals surface area contributed by atoms with Crippen LogP contribution < -0.4 is 10.2 Å². The van der Waals surface area contributed by atoms with Gasteiger partial charge in [-0.2, -0.15) is 0 Å². The molecule has 2 amide bonds. The minimum atomic E-state index is -0.518. The third-order valence-electron chi connectivity index (χ3n) is 5.03. The van der Waals surface area contributed by atoms with E-state index in [2.05, 4.69) is 10.3 Å². The summed E-state index contributed by atoms with van der Waals surface area (Å²) < 4.78 is 10.7. The Hall–Kier alpha value is -3.94. The number of nitrogens with one attached hydrogen (secondary N) is 1. The lowest BCUT2D eigenvalue weighted by molar-refractivity contribution is -0.147. The van der Waals surface area contributed by atoms with Crippen molar-refractivity contribution in [2.45, 2.75) is 25.7 Å². The highest BCUT2D eigenvalue weighted by atomic mass is 16.5. The second-order valence-corrected chi connectivity index (χ2v) is 7.39. The number of esters is 1. The Bertz CT molecular complexity index is 1110. The molecule has 0 radical (unpaired) electrons. The molecule has 0 saturated carbocycles. The summed E-state index contributed by atoms with van der Waals surface area (Å²) in [4.78, 5) is 41.9. The molecule has 1 aliphatic heterocycles. The summed E-state index contributed by atoms with van der Waals surface area (Å²) in [6.07, 6.45) is 3.31. The number of carbonyl (C=O) groups is 3. The lowest BCUT2D eigenvalue weighted by Gasteiger charge is -2.16. The molecule has 0 aliphatic carbocycles. The molecule has 1 N–H and O–H groups in total. The van der Waals surface area contributed by atoms with E-state index < -0.39 is 18.5 Å². The number of hydrogen-bond acceptors (Lipinski definition) is 6. The Morgan fingerprint density at radius 1 is 1.12 bits per heavy atom. The molecule has 2 heterocycles. The Morgan fingerprint density at radius 3 is 2.75 bits per heavy atom. The van der Waals surface area contributed by atoms with E-state index in [4.69, 9.17) is 9.15 Å². The first-order valence-electron chi connectivity index (χ1n) is 10.4. The normalized spacial score (nSPS) is 13.2. The molecule has 1 aromatic heterocycles. The fourth-order valence-electron chi connectivity index (χ4n) is 3.46. The summed E-state index contributed by atoms with van der Waals surface area (Å²) in [5.41, 5.74) is 2.18. The molecule has 8 nitrogen and oxygen atoms in total. The van der Waals surface area contributed by atoms with Crippen LogP contribution in [-0.2, 0) is 25.5 Å². The zero-order valence-corrected chi connectivity index (χ0v) is 17.5. The van der Waals surface area contributed by atoms with Gasteiger partial charge in [0.25, 0.3) is 5.91 Å². The van der Waals surface area contributed by atoms with Crippen LogP contribution in [-0.4, -0.2) is 35.9 Å². The topological polar surface area (TPSA) is 102 Å². The van der Waals surface area contributed by atoms with E-state index in [9.17, 15) is 14.4 Å². The fourth-order valence-corrected chi connectivity index (χ4v) is 3.46. The summed E-state index contributed by atoms with van der Waals surface area (Å²) in [7, 11) is 0. The zero-order valence-electron chi connectivity index (χ0n) is 17.5. The maximum Gasteiger partial charge on any atom is 0.306 e. The van der Waals surface area contributed by atoms with Crippen molar-refractivity contribution in [3.8, 4) is 11.3 Å². The number of amides is 2. The third-order valence-corrected chi connectivity index (χ3v) is 5.03. The van der Waals surface area contributed by atoms with Crippen LogP contribution >= 0.6 is 0 Å². The highest BCUT2D eigenvalue weighted by Gasteiger charge is 2.21. The van der Waals surface area contributed by atoms with E-state index in [1.807, 2.05) is 36.4 Å². The molecule has 0 atom stereocenters. The summed E-state index contributed by atoms with van der Waals surface area (Å²) >= 11 is 0. The number of anilines is 2. The van der Waals surface area contributed by atoms with Crippen LogP contribution in [0.2, 0.25) is 0 Å². The maximum atomic E-state index is 12.1. The zero-order chi connectivity index (χ0) is 22.3. The summed E-state index contributed by atoms with van der Waals surface area (Å²) in [5, 5.41) is 2.69. The molecule has 1 fully saturated rings. The van der Waals surface area contributed by atoms with Crippen LogP contribution in [0.15, 0.2) is 65.2 Å². The minimum Gasteiger partial charge on any atom is -0.456 e. The van der Waals surface area contributed by atoms with Gasteiger partial charge in [-0.05, 0) is 24.6 Å². The molecule has 1 saturated heterocycles. The van der Waals surface area contributed by atoms with E-state index in [1.54, 1.807) is 29.3 Å². The number of oxazole rings is 1. The van der Waals surface area contributed by atoms with E-state index in [1.165, 1.54) is 0 Å². The van der Waals surface area contributed by atoms with Crippen molar-refractivity contribution in [2.24, 2.45) is 0 Å². The van der Waals surface area contributed by atoms with E-state index in [-0.39, 0.29) is 18.7 Å². The third kappa shape index (κ3) is 5.40. The van der Waals surface area contributed by atoms with Gasteiger partial charge in [0.2, 0.25) is 5.91 Å². The van der Waals surface area contributed by atoms with Crippen molar-refractivity contribution < 1.29 is 23.5 Å². The van der Waals surface area contributed by atoms with Gasteiger partial charge in [0.05, 0.1) is 12.6 Å². The standard InChI is InChI=1S/C24H23N3O5/c28-21(26-18-8-4-9-19(14-18)27-13-5-10-23(27)29)16-31-24(30)12-11-22-25-15-20(32-22)17-6-2-1-3-7-17/h1-4,6-9,14-15H,5,10-13,16H2,(H,26,28). The van der Waals surface area contributed by atoms with Crippen molar-refractivity contribution in [3.05, 3.63) is 66.7 Å². The molecule has 4 rings (SSSR count). The molecular weight excluding hydrogens is 410 g/mol. The van der Waals surface area contributed by atoms with Crippen LogP contribution in [0, 0.1) is 0 Å². The maximum absolute atomic E-state index is 12.1. The first-order chi connectivity index (χ1) is 15.6. The van der Waals surface area contributed by atoms with Crippen LogP contribution in [0.25, 0.3) is 11.3 Å². The lowest BCUT2D eigenvalue weighted by Crippen LogP contribution is -2.24. The van der Waals surface area contributed by atoms with Crippen molar-refractivity contribution in [2.75, 3.05) is 23.4 Å². The van der Waals surface area contributed by atoms with Gasteiger partial charge in [-0.1, -0.05) is 36.4 Å². The van der Waals surface area contributed by atoms with Crippen LogP contribution in [0.5, 0.6) is 0 Å². The van der Waals surface area contributed by atoms with Crippen LogP contribution in [0.4, 0.5) is 11.4 Å². The van der Waals surface area contributed by atoms with Gasteiger partial charge in [-0.3, -0.25) is 14.4 Å². The number of aryl methyl sites for hydroxylation is 1. The molecule has 2 aromatic carbocycles. The van der Waals surface area contributed by atoms with Crippen molar-refractivity contribution in [1.29, 1.82) is 0 Å². The molecule has 0 spiro atoms. The summed E-state index contributed by atoms with van der Waals surface area (Å²) in [5.74, 6) is 0.163. The van der Waals surface area contributed by atoms with Gasteiger partial charge < -0.3 is 19.4 Å². The average Bonchev–Trinajstić information content (AvgIpc) is 3.46. The summed E-state index contributed by atoms with van der Waals surface area (Å²) in [6, 6.07) is 16.6. The second-order valence-electron chi connectivity index (χ2n) is 7.39. The number of ether oxygens (including phenoxy) is 1. The molecular formula is C24H23N3O5. The first-order valence-corrected chi connectivity index (χ1v) is 10.4. The predicted octanol–water partition coefficient (Wildman–Crippen LogP) is 3.58. The Balaban J connectivity index is 1.22. The van der Waals surface area contributed by atoms with Gasteiger partial charge in [-0.15, -0.1) is 0 Å². The second kappa shape index (κ2) is 9.91. The van der Waals surface area contributed by atoms with Gasteiger partial charge >= 0.3 is 5.97 Å². The Morgan fingerprint density at radius 2 is 1.97 bits per heavy atom. The average molecular weight is 433 g/mol. The van der Waals surface area contributed by atoms with Gasteiger partial charge in [0.15, 0.2) is 18.3 Å². The Kier molecular flexibility index (Phi) is 6.60. The SMILES string of the molecule is O=C(COC(=O)CCc1ncc(-c2ccccc2)o1)Nc1cccc(N2CCCC2=O)c1. The Labute approximate surface area is 185 Å². The number of carbonyl (C=O) groups excluding carboxylic acids is 3. The van der Waals surface area contributed by atoms with Gasteiger partial charge in [0.1, 0.15) is 0 Å². The minimum absolute atomic E-state index is 0.0502. The van der Waals surface area contributed by atoms with Gasteiger partial charge in [-0.25, -0.2) is 4.98 Å². The first kappa shape index (κ1) is 21.3. The number of rotatable bonds is 8. The van der Waals surface area contributed by atoms with Crippen molar-refractivity contribution >= 4 is 29.2 Å². The van der Waals surface area contributed by atoms with Crippen molar-refractivity contribution in [3.63, 3.8) is 0 Å². The van der Waals surface area contributed by atoms with E-state index in [0.29, 0.717) is 30.3 Å². The fraction of sp³-hybridized carbons (Fsp3) is 0.250. The molecule has 3 aromatic rings. The smallest absolute Gasteiger partial charge is 0.306 e. The number of aromatic nitrogens is 1. The van der Waals surface area contributed by atoms with Crippen LogP contribution in [0.3, 0.4) is 0 Å². The molecule has 1 aliphatic rings. The predicted molar refractivity (Wildman–Crippen MR) is 118 cm³/mol. The quantitative estimate of drug-likeness (QED) is 0.545. The van der Waals surface area contributed by atoms with Crippen molar-refractivity contribution in [1.82, 2.24) is 4.98 Å². The molecule has 0 unspecified atom stereocenters. The number of hydrogen-bond donors (Lipinski definition) is 1. The lowest BCUT2D eigenvalue weighted by atomic mass is 10.2. The highest BCUT2D eigenvalue weighted by molar-refractivity contribution is 5.97. The summed E-state index contributed by atoms with van der Waals surface area (Å²) in [6.45, 7) is 0.276. The number of benzene rings is 2. The van der Waals surface area contributed by atoms with Gasteiger partial charge in [0, 0.05) is 36.3 Å². The van der Waals surface area contributed by atoms with E-state index in [0.717, 1.165) is 17.7 Å². The van der Waals surface area contributed by atoms with E-state index >= 15 is 0 Å². The highest BCUT2D eigenvalue weighted by Crippen LogP contribution is 2.24. The largest absolute Gasteiger partial charge is 0.456 e. The molecule has 0 bridgehead atoms. The monoisotopic (exact) mass is 433 g/mol. The molecule has 8 heteroatoms.